The molecule has 0 spiro atoms. The van der Waals surface area contributed by atoms with Crippen LogP contribution >= 0.6 is 28.1 Å². The second-order valence-corrected chi connectivity index (χ2v) is 5.02. The summed E-state index contributed by atoms with van der Waals surface area (Å²) in [5.74, 6) is -0.282. The van der Waals surface area contributed by atoms with E-state index in [4.69, 9.17) is 18.0 Å². The number of halogens is 1. The number of benzene rings is 1. The number of hydrogen-bond acceptors (Lipinski definition) is 3. The lowest BCUT2D eigenvalue weighted by molar-refractivity contribution is 0.102. The van der Waals surface area contributed by atoms with Gasteiger partial charge in [-0.15, -0.1) is 0 Å². The Morgan fingerprint density at radius 1 is 1.26 bits per heavy atom. The molecule has 6 heteroatoms. The first kappa shape index (κ1) is 13.6. The first-order chi connectivity index (χ1) is 9.08. The van der Waals surface area contributed by atoms with Gasteiger partial charge in [0, 0.05) is 21.9 Å². The highest BCUT2D eigenvalue weighted by Crippen LogP contribution is 2.16. The Bertz CT molecular complexity index is 628. The Morgan fingerprint density at radius 3 is 2.53 bits per heavy atom. The van der Waals surface area contributed by atoms with E-state index in [0.717, 1.165) is 5.56 Å². The summed E-state index contributed by atoms with van der Waals surface area (Å²) in [5, 5.41) is 2.75. The van der Waals surface area contributed by atoms with Crippen LogP contribution in [0.2, 0.25) is 0 Å². The molecule has 0 unspecified atom stereocenters. The molecule has 1 heterocycles. The summed E-state index contributed by atoms with van der Waals surface area (Å²) in [5.41, 5.74) is 7.25. The van der Waals surface area contributed by atoms with Gasteiger partial charge in [0.1, 0.15) is 10.7 Å². The predicted molar refractivity (Wildman–Crippen MR) is 82.2 cm³/mol. The molecule has 19 heavy (non-hydrogen) atoms. The number of nitrogens with zero attached hydrogens (tertiary/aromatic N) is 1. The molecule has 96 valence electrons. The van der Waals surface area contributed by atoms with Crippen molar-refractivity contribution in [2.45, 2.75) is 0 Å². The third-order valence-electron chi connectivity index (χ3n) is 2.40. The molecule has 0 fully saturated rings. The monoisotopic (exact) mass is 335 g/mol. The van der Waals surface area contributed by atoms with Crippen LogP contribution in [-0.2, 0) is 0 Å². The van der Waals surface area contributed by atoms with Crippen LogP contribution in [0.3, 0.4) is 0 Å². The fourth-order valence-corrected chi connectivity index (χ4v) is 2.03. The van der Waals surface area contributed by atoms with Crippen molar-refractivity contribution in [2.24, 2.45) is 5.73 Å². The lowest BCUT2D eigenvalue weighted by Crippen LogP contribution is -2.14. The molecule has 0 saturated carbocycles. The number of hydrogen-bond donors (Lipinski definition) is 2. The zero-order valence-electron chi connectivity index (χ0n) is 9.76. The molecule has 0 aliphatic heterocycles. The molecular formula is C13H10BrN3OS. The molecule has 0 saturated heterocycles. The zero-order valence-corrected chi connectivity index (χ0v) is 12.2. The number of aromatic nitrogens is 1. The van der Waals surface area contributed by atoms with Crippen LogP contribution in [0.4, 0.5) is 5.69 Å². The zero-order chi connectivity index (χ0) is 13.8. The van der Waals surface area contributed by atoms with E-state index < -0.39 is 0 Å². The number of thiocarbonyl (C=S) groups is 1. The van der Waals surface area contributed by atoms with E-state index in [2.05, 4.69) is 26.2 Å². The highest BCUT2D eigenvalue weighted by molar-refractivity contribution is 9.10. The van der Waals surface area contributed by atoms with E-state index in [0.29, 0.717) is 20.8 Å². The van der Waals surface area contributed by atoms with Crippen molar-refractivity contribution in [2.75, 3.05) is 5.32 Å². The molecule has 2 rings (SSSR count). The number of amides is 1. The molecule has 4 nitrogen and oxygen atoms in total. The van der Waals surface area contributed by atoms with E-state index in [1.165, 1.54) is 0 Å². The summed E-state index contributed by atoms with van der Waals surface area (Å²) in [6.45, 7) is 0. The van der Waals surface area contributed by atoms with Gasteiger partial charge in [-0.2, -0.15) is 0 Å². The van der Waals surface area contributed by atoms with Crippen molar-refractivity contribution in [1.82, 2.24) is 4.98 Å². The van der Waals surface area contributed by atoms with Crippen LogP contribution in [0, 0.1) is 0 Å². The number of nitrogens with two attached hydrogens (primary N) is 1. The standard InChI is InChI=1S/C13H10BrN3OS/c14-10-2-1-7-16-11(10)13(18)17-9-5-3-8(4-6-9)12(15)19/h1-7H,(H2,15,19)(H,17,18). The maximum Gasteiger partial charge on any atom is 0.275 e. The Balaban J connectivity index is 2.15. The maximum absolute atomic E-state index is 12.0. The summed E-state index contributed by atoms with van der Waals surface area (Å²) >= 11 is 8.14. The normalized spacial score (nSPS) is 9.95. The summed E-state index contributed by atoms with van der Waals surface area (Å²) in [6, 6.07) is 10.5. The van der Waals surface area contributed by atoms with Gasteiger partial charge in [-0.25, -0.2) is 4.98 Å². The van der Waals surface area contributed by atoms with Gasteiger partial charge in [-0.1, -0.05) is 12.2 Å². The second kappa shape index (κ2) is 5.90. The first-order valence-electron chi connectivity index (χ1n) is 5.39. The van der Waals surface area contributed by atoms with Gasteiger partial charge in [0.2, 0.25) is 0 Å². The lowest BCUT2D eigenvalue weighted by atomic mass is 10.2. The van der Waals surface area contributed by atoms with Crippen molar-refractivity contribution in [3.8, 4) is 0 Å². The quantitative estimate of drug-likeness (QED) is 0.846. The third-order valence-corrected chi connectivity index (χ3v) is 3.28. The minimum Gasteiger partial charge on any atom is -0.389 e. The smallest absolute Gasteiger partial charge is 0.275 e. The van der Waals surface area contributed by atoms with Crippen molar-refractivity contribution in [3.05, 3.63) is 58.3 Å². The largest absolute Gasteiger partial charge is 0.389 e. The van der Waals surface area contributed by atoms with Crippen LogP contribution in [0.15, 0.2) is 47.1 Å². The summed E-state index contributed by atoms with van der Waals surface area (Å²) in [7, 11) is 0. The molecule has 0 aliphatic rings. The van der Waals surface area contributed by atoms with E-state index in [9.17, 15) is 4.79 Å². The number of anilines is 1. The molecule has 0 atom stereocenters. The Morgan fingerprint density at radius 2 is 1.95 bits per heavy atom. The summed E-state index contributed by atoms with van der Waals surface area (Å²) in [4.78, 5) is 16.3. The van der Waals surface area contributed by atoms with Gasteiger partial charge in [-0.3, -0.25) is 4.79 Å². The number of nitrogens with one attached hydrogen (secondary N) is 1. The van der Waals surface area contributed by atoms with E-state index in [1.54, 1.807) is 42.6 Å². The van der Waals surface area contributed by atoms with Crippen molar-refractivity contribution in [3.63, 3.8) is 0 Å². The molecule has 1 aromatic heterocycles. The minimum atomic E-state index is -0.282. The van der Waals surface area contributed by atoms with Gasteiger partial charge in [0.25, 0.3) is 5.91 Å². The molecular weight excluding hydrogens is 326 g/mol. The molecule has 0 radical (unpaired) electrons. The molecule has 0 bridgehead atoms. The van der Waals surface area contributed by atoms with Crippen LogP contribution in [0.1, 0.15) is 16.1 Å². The van der Waals surface area contributed by atoms with E-state index in [1.807, 2.05) is 0 Å². The average molecular weight is 336 g/mol. The molecule has 1 amide bonds. The van der Waals surface area contributed by atoms with Crippen molar-refractivity contribution < 1.29 is 4.79 Å². The number of carbonyl (C=O) groups is 1. The Hall–Kier alpha value is -1.79. The maximum atomic E-state index is 12.0. The fraction of sp³-hybridized carbons (Fsp3) is 0. The van der Waals surface area contributed by atoms with E-state index in [-0.39, 0.29) is 5.91 Å². The van der Waals surface area contributed by atoms with Gasteiger partial charge in [0.05, 0.1) is 0 Å². The Labute approximate surface area is 124 Å². The topological polar surface area (TPSA) is 68.0 Å². The van der Waals surface area contributed by atoms with E-state index >= 15 is 0 Å². The van der Waals surface area contributed by atoms with Crippen LogP contribution in [0.25, 0.3) is 0 Å². The minimum absolute atomic E-state index is 0.282. The second-order valence-electron chi connectivity index (χ2n) is 3.73. The van der Waals surface area contributed by atoms with Gasteiger partial charge < -0.3 is 11.1 Å². The van der Waals surface area contributed by atoms with Crippen LogP contribution in [0.5, 0.6) is 0 Å². The Kier molecular flexibility index (Phi) is 4.24. The van der Waals surface area contributed by atoms with Gasteiger partial charge in [0.15, 0.2) is 0 Å². The van der Waals surface area contributed by atoms with Crippen molar-refractivity contribution >= 4 is 44.7 Å². The third kappa shape index (κ3) is 3.36. The lowest BCUT2D eigenvalue weighted by Gasteiger charge is -2.06. The van der Waals surface area contributed by atoms with Gasteiger partial charge in [-0.05, 0) is 52.3 Å². The molecule has 0 aliphatic carbocycles. The number of carbonyl (C=O) groups excluding carboxylic acids is 1. The molecule has 2 aromatic rings. The highest BCUT2D eigenvalue weighted by atomic mass is 79.9. The van der Waals surface area contributed by atoms with Crippen molar-refractivity contribution in [1.29, 1.82) is 0 Å². The molecule has 1 aromatic carbocycles. The number of rotatable bonds is 3. The molecule has 3 N–H and O–H groups in total. The fourth-order valence-electron chi connectivity index (χ4n) is 1.46. The van der Waals surface area contributed by atoms with Crippen LogP contribution < -0.4 is 11.1 Å². The summed E-state index contributed by atoms with van der Waals surface area (Å²) < 4.78 is 0.646. The average Bonchev–Trinajstić information content (AvgIpc) is 2.39. The first-order valence-corrected chi connectivity index (χ1v) is 6.60. The van der Waals surface area contributed by atoms with Crippen LogP contribution in [-0.4, -0.2) is 15.9 Å². The summed E-state index contributed by atoms with van der Waals surface area (Å²) in [6.07, 6.45) is 1.57. The number of pyridine rings is 1. The highest BCUT2D eigenvalue weighted by Gasteiger charge is 2.11. The predicted octanol–water partition coefficient (Wildman–Crippen LogP) is 2.73. The van der Waals surface area contributed by atoms with Gasteiger partial charge >= 0.3 is 0 Å². The SMILES string of the molecule is NC(=S)c1ccc(NC(=O)c2ncccc2Br)cc1.